The van der Waals surface area contributed by atoms with Gasteiger partial charge in [0, 0.05) is 0 Å². The van der Waals surface area contributed by atoms with Crippen molar-refractivity contribution in [1.82, 2.24) is 0 Å². The summed E-state index contributed by atoms with van der Waals surface area (Å²) in [6.07, 6.45) is 4.30. The van der Waals surface area contributed by atoms with Gasteiger partial charge in [0.15, 0.2) is 0 Å². The van der Waals surface area contributed by atoms with E-state index in [1.807, 2.05) is 0 Å². The molecular formula is C10H20. The van der Waals surface area contributed by atoms with Crippen molar-refractivity contribution in [3.8, 4) is 0 Å². The monoisotopic (exact) mass is 140 g/mol. The van der Waals surface area contributed by atoms with Crippen molar-refractivity contribution in [3.05, 3.63) is 0 Å². The second-order valence-electron chi connectivity index (χ2n) is 4.24. The van der Waals surface area contributed by atoms with Crippen molar-refractivity contribution >= 4 is 0 Å². The summed E-state index contributed by atoms with van der Waals surface area (Å²) in [4.78, 5) is 0. The minimum Gasteiger partial charge on any atom is -0.0654 e. The summed E-state index contributed by atoms with van der Waals surface area (Å²) < 4.78 is 0. The molecule has 60 valence electrons. The maximum absolute atomic E-state index is 2.40. The maximum Gasteiger partial charge on any atom is -0.0246 e. The summed E-state index contributed by atoms with van der Waals surface area (Å²) in [5.74, 6) is 1.91. The highest BCUT2D eigenvalue weighted by Crippen LogP contribution is 2.60. The first-order valence-electron chi connectivity index (χ1n) is 4.63. The molecule has 1 aliphatic rings. The van der Waals surface area contributed by atoms with E-state index in [9.17, 15) is 0 Å². The lowest BCUT2D eigenvalue weighted by atomic mass is 9.86. The fourth-order valence-electron chi connectivity index (χ4n) is 2.42. The Morgan fingerprint density at radius 3 is 2.10 bits per heavy atom. The Labute approximate surface area is 65.0 Å². The molecule has 2 atom stereocenters. The van der Waals surface area contributed by atoms with Crippen LogP contribution in [0, 0.1) is 17.3 Å². The Morgan fingerprint density at radius 2 is 2.00 bits per heavy atom. The first-order valence-corrected chi connectivity index (χ1v) is 4.63. The topological polar surface area (TPSA) is 0 Å². The second kappa shape index (κ2) is 2.56. The lowest BCUT2D eigenvalue weighted by molar-refractivity contribution is 0.303. The molecular weight excluding hydrogens is 120 g/mol. The van der Waals surface area contributed by atoms with Gasteiger partial charge in [-0.15, -0.1) is 0 Å². The fourth-order valence-corrected chi connectivity index (χ4v) is 2.42. The number of hydrogen-bond acceptors (Lipinski definition) is 0. The van der Waals surface area contributed by atoms with Crippen LogP contribution < -0.4 is 0 Å². The van der Waals surface area contributed by atoms with E-state index >= 15 is 0 Å². The van der Waals surface area contributed by atoms with Crippen LogP contribution in [0.15, 0.2) is 0 Å². The van der Waals surface area contributed by atoms with Crippen LogP contribution >= 0.6 is 0 Å². The second-order valence-corrected chi connectivity index (χ2v) is 4.24. The molecule has 1 fully saturated rings. The molecule has 0 saturated heterocycles. The first-order chi connectivity index (χ1) is 4.63. The SMILES string of the molecule is CCCC1(C(C)C)CC1C. The van der Waals surface area contributed by atoms with Crippen LogP contribution in [0.4, 0.5) is 0 Å². The molecule has 2 unspecified atom stereocenters. The highest BCUT2D eigenvalue weighted by Gasteiger charge is 2.51. The summed E-state index contributed by atoms with van der Waals surface area (Å²) in [5, 5.41) is 0. The van der Waals surface area contributed by atoms with E-state index in [1.165, 1.54) is 19.3 Å². The Morgan fingerprint density at radius 1 is 1.50 bits per heavy atom. The van der Waals surface area contributed by atoms with E-state index in [1.54, 1.807) is 0 Å². The Hall–Kier alpha value is 0. The first kappa shape index (κ1) is 8.10. The lowest BCUT2D eigenvalue weighted by Gasteiger charge is -2.19. The minimum atomic E-state index is 0.759. The zero-order chi connectivity index (χ0) is 7.78. The molecule has 10 heavy (non-hydrogen) atoms. The molecule has 0 aromatic carbocycles. The van der Waals surface area contributed by atoms with E-state index in [2.05, 4.69) is 27.7 Å². The van der Waals surface area contributed by atoms with Crippen LogP contribution in [0.5, 0.6) is 0 Å². The molecule has 0 nitrogen and oxygen atoms in total. The Bertz CT molecular complexity index is 115. The zero-order valence-corrected chi connectivity index (χ0v) is 7.78. The van der Waals surface area contributed by atoms with Gasteiger partial charge in [-0.3, -0.25) is 0 Å². The molecule has 0 bridgehead atoms. The summed E-state index contributed by atoms with van der Waals surface area (Å²) in [6, 6.07) is 0. The molecule has 0 spiro atoms. The third-order valence-corrected chi connectivity index (χ3v) is 3.37. The van der Waals surface area contributed by atoms with E-state index in [0.29, 0.717) is 0 Å². The molecule has 0 radical (unpaired) electrons. The van der Waals surface area contributed by atoms with Crippen LogP contribution in [0.25, 0.3) is 0 Å². The molecule has 0 aliphatic heterocycles. The fraction of sp³-hybridized carbons (Fsp3) is 1.00. The summed E-state index contributed by atoms with van der Waals surface area (Å²) in [7, 11) is 0. The van der Waals surface area contributed by atoms with Gasteiger partial charge in [0.1, 0.15) is 0 Å². The van der Waals surface area contributed by atoms with E-state index in [4.69, 9.17) is 0 Å². The van der Waals surface area contributed by atoms with Gasteiger partial charge in [-0.05, 0) is 30.1 Å². The number of rotatable bonds is 3. The highest BCUT2D eigenvalue weighted by molar-refractivity contribution is 5.01. The van der Waals surface area contributed by atoms with Gasteiger partial charge in [0.05, 0.1) is 0 Å². The smallest absolute Gasteiger partial charge is 0.0246 e. The molecule has 0 aromatic rings. The molecule has 1 rings (SSSR count). The van der Waals surface area contributed by atoms with Gasteiger partial charge in [-0.2, -0.15) is 0 Å². The van der Waals surface area contributed by atoms with Crippen LogP contribution in [-0.2, 0) is 0 Å². The maximum atomic E-state index is 2.40. The van der Waals surface area contributed by atoms with E-state index in [-0.39, 0.29) is 0 Å². The van der Waals surface area contributed by atoms with Gasteiger partial charge < -0.3 is 0 Å². The molecule has 1 saturated carbocycles. The van der Waals surface area contributed by atoms with Crippen molar-refractivity contribution < 1.29 is 0 Å². The average molecular weight is 140 g/mol. The van der Waals surface area contributed by atoms with Crippen LogP contribution in [0.3, 0.4) is 0 Å². The number of hydrogen-bond donors (Lipinski definition) is 0. The van der Waals surface area contributed by atoms with Gasteiger partial charge in [-0.25, -0.2) is 0 Å². The normalized spacial score (nSPS) is 38.7. The third kappa shape index (κ3) is 1.09. The summed E-state index contributed by atoms with van der Waals surface area (Å²) in [6.45, 7) is 9.45. The minimum absolute atomic E-state index is 0.759. The largest absolute Gasteiger partial charge is 0.0654 e. The Balaban J connectivity index is 2.46. The van der Waals surface area contributed by atoms with Crippen LogP contribution in [0.1, 0.15) is 47.0 Å². The molecule has 0 N–H and O–H groups in total. The van der Waals surface area contributed by atoms with Crippen LogP contribution in [-0.4, -0.2) is 0 Å². The summed E-state index contributed by atoms with van der Waals surface area (Å²) >= 11 is 0. The van der Waals surface area contributed by atoms with Crippen molar-refractivity contribution in [1.29, 1.82) is 0 Å². The standard InChI is InChI=1S/C10H20/c1-5-6-10(8(2)3)7-9(10)4/h8-9H,5-7H2,1-4H3. The predicted molar refractivity (Wildman–Crippen MR) is 46.0 cm³/mol. The molecule has 0 heterocycles. The third-order valence-electron chi connectivity index (χ3n) is 3.37. The molecule has 1 aliphatic carbocycles. The zero-order valence-electron chi connectivity index (χ0n) is 7.78. The highest BCUT2D eigenvalue weighted by atomic mass is 14.6. The van der Waals surface area contributed by atoms with E-state index < -0.39 is 0 Å². The van der Waals surface area contributed by atoms with Gasteiger partial charge in [-0.1, -0.05) is 34.1 Å². The van der Waals surface area contributed by atoms with Gasteiger partial charge in [0.2, 0.25) is 0 Å². The quantitative estimate of drug-likeness (QED) is 0.563. The van der Waals surface area contributed by atoms with Gasteiger partial charge in [0.25, 0.3) is 0 Å². The van der Waals surface area contributed by atoms with Crippen molar-refractivity contribution in [3.63, 3.8) is 0 Å². The van der Waals surface area contributed by atoms with E-state index in [0.717, 1.165) is 17.3 Å². The van der Waals surface area contributed by atoms with Crippen molar-refractivity contribution in [2.45, 2.75) is 47.0 Å². The van der Waals surface area contributed by atoms with Crippen molar-refractivity contribution in [2.75, 3.05) is 0 Å². The molecule has 0 amide bonds. The van der Waals surface area contributed by atoms with Crippen LogP contribution in [0.2, 0.25) is 0 Å². The average Bonchev–Trinajstić information content (AvgIpc) is 2.44. The Kier molecular flexibility index (Phi) is 2.07. The molecule has 0 aromatic heterocycles. The van der Waals surface area contributed by atoms with Crippen molar-refractivity contribution in [2.24, 2.45) is 17.3 Å². The summed E-state index contributed by atoms with van der Waals surface area (Å²) in [5.41, 5.74) is 0.759. The molecule has 0 heteroatoms. The lowest BCUT2D eigenvalue weighted by Crippen LogP contribution is -2.11. The predicted octanol–water partition coefficient (Wildman–Crippen LogP) is 3.47. The van der Waals surface area contributed by atoms with Gasteiger partial charge >= 0.3 is 0 Å².